The van der Waals surface area contributed by atoms with Crippen molar-refractivity contribution in [1.29, 1.82) is 0 Å². The highest BCUT2D eigenvalue weighted by atomic mass is 16.6. The summed E-state index contributed by atoms with van der Waals surface area (Å²) < 4.78 is 26.4. The van der Waals surface area contributed by atoms with E-state index in [9.17, 15) is 14.4 Å². The third-order valence-electron chi connectivity index (χ3n) is 5.98. The van der Waals surface area contributed by atoms with Crippen LogP contribution < -0.4 is 30.0 Å². The SMILES string of the molecule is COc1ccc(-c2ccc(C(=O)OC(=O)[C@H](CCC(N)=O)NCc3cc(OC)c(OC)c(OC)c3)cc2)cc1. The maximum atomic E-state index is 12.9. The molecule has 0 heterocycles. The zero-order chi connectivity index (χ0) is 28.4. The third-order valence-corrected chi connectivity index (χ3v) is 5.98. The summed E-state index contributed by atoms with van der Waals surface area (Å²) in [6.07, 6.45) is -0.0327. The number of carbonyl (C=O) groups excluding carboxylic acids is 3. The lowest BCUT2D eigenvalue weighted by Crippen LogP contribution is -2.39. The fraction of sp³-hybridized carbons (Fsp3) is 0.276. The molecule has 0 unspecified atom stereocenters. The molecular formula is C29H32N2O8. The van der Waals surface area contributed by atoms with Crippen LogP contribution in [0.15, 0.2) is 60.7 Å². The number of ether oxygens (including phenoxy) is 5. The van der Waals surface area contributed by atoms with E-state index in [1.54, 1.807) is 43.5 Å². The molecule has 3 aromatic carbocycles. The van der Waals surface area contributed by atoms with Crippen LogP contribution in [0.3, 0.4) is 0 Å². The molecule has 39 heavy (non-hydrogen) atoms. The lowest BCUT2D eigenvalue weighted by molar-refractivity contribution is -0.140. The Morgan fingerprint density at radius 1 is 0.795 bits per heavy atom. The molecule has 0 radical (unpaired) electrons. The van der Waals surface area contributed by atoms with Gasteiger partial charge in [0.05, 0.1) is 34.0 Å². The molecule has 0 aliphatic heterocycles. The largest absolute Gasteiger partial charge is 0.497 e. The highest BCUT2D eigenvalue weighted by Crippen LogP contribution is 2.38. The normalized spacial score (nSPS) is 11.3. The second-order valence-electron chi connectivity index (χ2n) is 8.49. The molecule has 1 amide bonds. The van der Waals surface area contributed by atoms with E-state index >= 15 is 0 Å². The van der Waals surface area contributed by atoms with Gasteiger partial charge in [-0.15, -0.1) is 0 Å². The number of nitrogens with two attached hydrogens (primary N) is 1. The predicted octanol–water partition coefficient (Wildman–Crippen LogP) is 3.50. The Morgan fingerprint density at radius 2 is 1.36 bits per heavy atom. The van der Waals surface area contributed by atoms with Gasteiger partial charge in [0.2, 0.25) is 11.7 Å². The van der Waals surface area contributed by atoms with Crippen LogP contribution in [-0.4, -0.2) is 52.3 Å². The van der Waals surface area contributed by atoms with Crippen LogP contribution in [0.1, 0.15) is 28.8 Å². The van der Waals surface area contributed by atoms with Gasteiger partial charge in [-0.1, -0.05) is 24.3 Å². The summed E-state index contributed by atoms with van der Waals surface area (Å²) in [5.74, 6) is -0.161. The molecular weight excluding hydrogens is 504 g/mol. The molecule has 0 aromatic heterocycles. The highest BCUT2D eigenvalue weighted by Gasteiger charge is 2.24. The van der Waals surface area contributed by atoms with E-state index in [2.05, 4.69) is 5.32 Å². The Kier molecular flexibility index (Phi) is 10.3. The summed E-state index contributed by atoms with van der Waals surface area (Å²) in [5, 5.41) is 3.03. The molecule has 0 fully saturated rings. The third kappa shape index (κ3) is 7.71. The minimum Gasteiger partial charge on any atom is -0.497 e. The van der Waals surface area contributed by atoms with Crippen molar-refractivity contribution in [3.8, 4) is 34.1 Å². The molecule has 0 aliphatic carbocycles. The number of nitrogens with one attached hydrogen (secondary N) is 1. The molecule has 10 heteroatoms. The first-order valence-corrected chi connectivity index (χ1v) is 12.1. The monoisotopic (exact) mass is 536 g/mol. The molecule has 3 rings (SSSR count). The molecule has 0 bridgehead atoms. The number of esters is 2. The Balaban J connectivity index is 1.70. The summed E-state index contributed by atoms with van der Waals surface area (Å²) in [6.45, 7) is 0.181. The van der Waals surface area contributed by atoms with E-state index in [4.69, 9.17) is 29.4 Å². The van der Waals surface area contributed by atoms with Gasteiger partial charge in [-0.05, 0) is 59.5 Å². The quantitative estimate of drug-likeness (QED) is 0.249. The van der Waals surface area contributed by atoms with Crippen molar-refractivity contribution in [2.75, 3.05) is 28.4 Å². The Morgan fingerprint density at radius 3 is 1.85 bits per heavy atom. The number of benzene rings is 3. The van der Waals surface area contributed by atoms with E-state index in [0.29, 0.717) is 22.8 Å². The van der Waals surface area contributed by atoms with Crippen molar-refractivity contribution in [2.45, 2.75) is 25.4 Å². The highest BCUT2D eigenvalue weighted by molar-refractivity contribution is 5.98. The van der Waals surface area contributed by atoms with Gasteiger partial charge in [-0.3, -0.25) is 4.79 Å². The number of rotatable bonds is 13. The van der Waals surface area contributed by atoms with Gasteiger partial charge in [-0.25, -0.2) is 9.59 Å². The van der Waals surface area contributed by atoms with Crippen LogP contribution in [0.25, 0.3) is 11.1 Å². The lowest BCUT2D eigenvalue weighted by Gasteiger charge is -2.18. The number of amides is 1. The minimum atomic E-state index is -0.973. The molecule has 0 saturated heterocycles. The van der Waals surface area contributed by atoms with Gasteiger partial charge < -0.3 is 34.7 Å². The van der Waals surface area contributed by atoms with E-state index in [1.807, 2.05) is 24.3 Å². The zero-order valence-electron chi connectivity index (χ0n) is 22.3. The van der Waals surface area contributed by atoms with Crippen molar-refractivity contribution in [3.05, 3.63) is 71.8 Å². The topological polar surface area (TPSA) is 135 Å². The minimum absolute atomic E-state index is 0.0439. The van der Waals surface area contributed by atoms with Crippen LogP contribution >= 0.6 is 0 Å². The van der Waals surface area contributed by atoms with Crippen LogP contribution in [0.5, 0.6) is 23.0 Å². The smallest absolute Gasteiger partial charge is 0.345 e. The molecule has 0 spiro atoms. The van der Waals surface area contributed by atoms with Gasteiger partial charge in [0.1, 0.15) is 11.8 Å². The molecule has 3 aromatic rings. The number of hydrogen-bond acceptors (Lipinski definition) is 9. The van der Waals surface area contributed by atoms with Gasteiger partial charge in [0, 0.05) is 13.0 Å². The maximum Gasteiger partial charge on any atom is 0.345 e. The summed E-state index contributed by atoms with van der Waals surface area (Å²) in [4.78, 5) is 37.0. The Bertz CT molecular complexity index is 1260. The average molecular weight is 537 g/mol. The van der Waals surface area contributed by atoms with E-state index in [0.717, 1.165) is 16.9 Å². The summed E-state index contributed by atoms with van der Waals surface area (Å²) in [5.41, 5.74) is 8.02. The molecule has 0 saturated carbocycles. The van der Waals surface area contributed by atoms with E-state index in [-0.39, 0.29) is 24.9 Å². The molecule has 1 atom stereocenters. The Hall–Kier alpha value is -4.57. The summed E-state index contributed by atoms with van der Waals surface area (Å²) in [6, 6.07) is 16.6. The summed E-state index contributed by atoms with van der Waals surface area (Å²) in [7, 11) is 6.09. The van der Waals surface area contributed by atoms with Crippen molar-refractivity contribution in [3.63, 3.8) is 0 Å². The first kappa shape index (κ1) is 29.0. The van der Waals surface area contributed by atoms with Crippen molar-refractivity contribution < 1.29 is 38.1 Å². The second kappa shape index (κ2) is 13.8. The fourth-order valence-electron chi connectivity index (χ4n) is 3.87. The van der Waals surface area contributed by atoms with Crippen LogP contribution in [0.2, 0.25) is 0 Å². The summed E-state index contributed by atoms with van der Waals surface area (Å²) >= 11 is 0. The van der Waals surface area contributed by atoms with Crippen molar-refractivity contribution in [1.82, 2.24) is 5.32 Å². The number of hydrogen-bond donors (Lipinski definition) is 2. The second-order valence-corrected chi connectivity index (χ2v) is 8.49. The zero-order valence-corrected chi connectivity index (χ0v) is 22.3. The maximum absolute atomic E-state index is 12.9. The van der Waals surface area contributed by atoms with Gasteiger partial charge in [-0.2, -0.15) is 0 Å². The van der Waals surface area contributed by atoms with Gasteiger partial charge >= 0.3 is 11.9 Å². The van der Waals surface area contributed by atoms with Gasteiger partial charge in [0.15, 0.2) is 11.5 Å². The number of methoxy groups -OCH3 is 4. The molecule has 0 aliphatic rings. The van der Waals surface area contributed by atoms with Crippen molar-refractivity contribution >= 4 is 17.8 Å². The fourth-order valence-corrected chi connectivity index (χ4v) is 3.87. The van der Waals surface area contributed by atoms with Crippen LogP contribution in [0.4, 0.5) is 0 Å². The first-order chi connectivity index (χ1) is 18.8. The molecule has 10 nitrogen and oxygen atoms in total. The van der Waals surface area contributed by atoms with Gasteiger partial charge in [0.25, 0.3) is 0 Å². The first-order valence-electron chi connectivity index (χ1n) is 12.1. The van der Waals surface area contributed by atoms with E-state index < -0.39 is 23.9 Å². The predicted molar refractivity (Wildman–Crippen MR) is 144 cm³/mol. The molecule has 3 N–H and O–H groups in total. The number of primary amides is 1. The standard InChI is InChI=1S/C29H32N2O8/c1-35-22-11-9-20(10-12-22)19-5-7-21(8-6-19)28(33)39-29(34)23(13-14-26(30)32)31-17-18-15-24(36-2)27(38-4)25(16-18)37-3/h5-12,15-16,23,31H,13-14,17H2,1-4H3,(H2,30,32)/t23-/m0/s1. The van der Waals surface area contributed by atoms with Crippen LogP contribution in [-0.2, 0) is 20.9 Å². The average Bonchev–Trinajstić information content (AvgIpc) is 2.96. The van der Waals surface area contributed by atoms with Crippen LogP contribution in [0, 0.1) is 0 Å². The van der Waals surface area contributed by atoms with Crippen molar-refractivity contribution in [2.24, 2.45) is 5.73 Å². The Labute approximate surface area is 227 Å². The van der Waals surface area contributed by atoms with E-state index in [1.165, 1.54) is 21.3 Å². The molecule has 206 valence electrons. The number of carbonyl (C=O) groups is 3. The lowest BCUT2D eigenvalue weighted by atomic mass is 10.0.